The molecule has 1 amide bonds. The first-order valence-corrected chi connectivity index (χ1v) is 13.8. The second-order valence-corrected chi connectivity index (χ2v) is 9.77. The second-order valence-electron chi connectivity index (χ2n) is 9.77. The molecule has 1 saturated heterocycles. The quantitative estimate of drug-likeness (QED) is 0.179. The summed E-state index contributed by atoms with van der Waals surface area (Å²) in [6.07, 6.45) is 1.63. The van der Waals surface area contributed by atoms with E-state index in [0.29, 0.717) is 24.5 Å². The Kier molecular flexibility index (Phi) is 9.55. The molecule has 1 aliphatic rings. The summed E-state index contributed by atoms with van der Waals surface area (Å²) in [7, 11) is 0. The number of hydrogen-bond donors (Lipinski definition) is 1. The van der Waals surface area contributed by atoms with Crippen molar-refractivity contribution in [3.63, 3.8) is 0 Å². The van der Waals surface area contributed by atoms with E-state index in [4.69, 9.17) is 4.74 Å². The normalized spacial score (nSPS) is 16.7. The van der Waals surface area contributed by atoms with Crippen LogP contribution in [-0.2, 0) is 22.6 Å². The zero-order valence-electron chi connectivity index (χ0n) is 23.1. The van der Waals surface area contributed by atoms with E-state index in [2.05, 4.69) is 25.7 Å². The number of Topliss-reactive ketones (excluding diaryl/α,β-unsaturated/α-hetero) is 1. The van der Waals surface area contributed by atoms with Crippen molar-refractivity contribution >= 4 is 17.4 Å². The molecule has 3 aromatic rings. The first-order chi connectivity index (χ1) is 19.0. The molecule has 3 aromatic carbocycles. The van der Waals surface area contributed by atoms with Gasteiger partial charge < -0.3 is 19.6 Å². The number of aryl methyl sites for hydroxylation is 1. The maximum Gasteiger partial charge on any atom is 0.295 e. The van der Waals surface area contributed by atoms with Crippen LogP contribution in [0.1, 0.15) is 55.5 Å². The van der Waals surface area contributed by atoms with Crippen molar-refractivity contribution in [1.82, 2.24) is 9.80 Å². The maximum absolute atomic E-state index is 13.3. The molecule has 1 atom stereocenters. The van der Waals surface area contributed by atoms with Gasteiger partial charge in [0.2, 0.25) is 0 Å². The molecule has 1 fully saturated rings. The number of ether oxygens (including phenoxy) is 1. The minimum atomic E-state index is -0.649. The van der Waals surface area contributed by atoms with Gasteiger partial charge in [0.15, 0.2) is 0 Å². The number of ketones is 1. The van der Waals surface area contributed by atoms with Crippen LogP contribution in [0.5, 0.6) is 5.75 Å². The fourth-order valence-corrected chi connectivity index (χ4v) is 5.00. The highest BCUT2D eigenvalue weighted by Crippen LogP contribution is 2.39. The Hall–Kier alpha value is -3.90. The van der Waals surface area contributed by atoms with Crippen molar-refractivity contribution in [2.75, 3.05) is 26.2 Å². The number of likely N-dealkylation sites (tertiary alicyclic amines) is 1. The molecule has 0 aromatic heterocycles. The smallest absolute Gasteiger partial charge is 0.295 e. The third-order valence-electron chi connectivity index (χ3n) is 7.39. The molecule has 0 radical (unpaired) electrons. The highest BCUT2D eigenvalue weighted by Gasteiger charge is 2.45. The van der Waals surface area contributed by atoms with Crippen molar-refractivity contribution in [1.29, 1.82) is 0 Å². The summed E-state index contributed by atoms with van der Waals surface area (Å²) in [5, 5.41) is 11.4. The third kappa shape index (κ3) is 6.58. The first kappa shape index (κ1) is 28.1. The van der Waals surface area contributed by atoms with Crippen molar-refractivity contribution in [2.24, 2.45) is 0 Å². The van der Waals surface area contributed by atoms with E-state index in [-0.39, 0.29) is 11.3 Å². The zero-order valence-corrected chi connectivity index (χ0v) is 23.1. The lowest BCUT2D eigenvalue weighted by Gasteiger charge is -2.27. The van der Waals surface area contributed by atoms with Crippen LogP contribution in [0.2, 0.25) is 0 Å². The third-order valence-corrected chi connectivity index (χ3v) is 7.39. The summed E-state index contributed by atoms with van der Waals surface area (Å²) < 4.78 is 5.87. The van der Waals surface area contributed by atoms with Crippen LogP contribution >= 0.6 is 0 Å². The second kappa shape index (κ2) is 13.3. The standard InChI is InChI=1S/C33H38N2O4/c1-4-24-13-15-26(16-14-24)30-29(32(37)33(38)35(30)22-10-21-34(5-2)6-3)31(36)27-17-19-28(20-18-27)39-23-25-11-8-7-9-12-25/h7-9,11-20,30,36H,4-6,10,21-23H2,1-3H3/t30-/m1/s1. The molecular formula is C33H38N2O4. The zero-order chi connectivity index (χ0) is 27.8. The summed E-state index contributed by atoms with van der Waals surface area (Å²) in [6.45, 7) is 9.88. The van der Waals surface area contributed by atoms with Gasteiger partial charge in [-0.15, -0.1) is 0 Å². The molecule has 1 heterocycles. The first-order valence-electron chi connectivity index (χ1n) is 13.8. The van der Waals surface area contributed by atoms with Crippen molar-refractivity contribution < 1.29 is 19.4 Å². The van der Waals surface area contributed by atoms with Crippen molar-refractivity contribution in [3.05, 3.63) is 107 Å². The minimum absolute atomic E-state index is 0.130. The van der Waals surface area contributed by atoms with Crippen LogP contribution in [0.25, 0.3) is 5.76 Å². The number of carbonyl (C=O) groups is 2. The fraction of sp³-hybridized carbons (Fsp3) is 0.333. The maximum atomic E-state index is 13.3. The predicted molar refractivity (Wildman–Crippen MR) is 154 cm³/mol. The summed E-state index contributed by atoms with van der Waals surface area (Å²) >= 11 is 0. The Bertz CT molecular complexity index is 1280. The SMILES string of the molecule is CCc1ccc([C@@H]2C(=C(O)c3ccc(OCc4ccccc4)cc3)C(=O)C(=O)N2CCCN(CC)CC)cc1. The predicted octanol–water partition coefficient (Wildman–Crippen LogP) is 5.98. The molecule has 0 bridgehead atoms. The monoisotopic (exact) mass is 526 g/mol. The van der Waals surface area contributed by atoms with Gasteiger partial charge in [-0.25, -0.2) is 0 Å². The minimum Gasteiger partial charge on any atom is -0.507 e. The molecule has 39 heavy (non-hydrogen) atoms. The molecule has 6 nitrogen and oxygen atoms in total. The van der Waals surface area contributed by atoms with E-state index in [1.807, 2.05) is 54.6 Å². The Morgan fingerprint density at radius 2 is 1.54 bits per heavy atom. The number of nitrogens with zero attached hydrogens (tertiary/aromatic N) is 2. The van der Waals surface area contributed by atoms with E-state index >= 15 is 0 Å². The molecular weight excluding hydrogens is 488 g/mol. The molecule has 1 aliphatic heterocycles. The van der Waals surface area contributed by atoms with Crippen LogP contribution < -0.4 is 4.74 Å². The van der Waals surface area contributed by atoms with Gasteiger partial charge in [0.05, 0.1) is 11.6 Å². The van der Waals surface area contributed by atoms with Crippen LogP contribution in [0.4, 0.5) is 0 Å². The van der Waals surface area contributed by atoms with E-state index < -0.39 is 17.7 Å². The van der Waals surface area contributed by atoms with Gasteiger partial charge in [-0.3, -0.25) is 9.59 Å². The lowest BCUT2D eigenvalue weighted by molar-refractivity contribution is -0.140. The van der Waals surface area contributed by atoms with Gasteiger partial charge in [-0.1, -0.05) is 75.4 Å². The average Bonchev–Trinajstić information content (AvgIpc) is 3.23. The number of benzene rings is 3. The summed E-state index contributed by atoms with van der Waals surface area (Å²) in [4.78, 5) is 30.5. The topological polar surface area (TPSA) is 70.1 Å². The summed E-state index contributed by atoms with van der Waals surface area (Å²) in [6, 6.07) is 24.2. The Morgan fingerprint density at radius 3 is 2.15 bits per heavy atom. The van der Waals surface area contributed by atoms with Gasteiger partial charge >= 0.3 is 0 Å². The number of amides is 1. The van der Waals surface area contributed by atoms with Gasteiger partial charge in [-0.05, 0) is 73.4 Å². The molecule has 0 saturated carbocycles. The van der Waals surface area contributed by atoms with Crippen LogP contribution in [0.15, 0.2) is 84.4 Å². The highest BCUT2D eigenvalue weighted by molar-refractivity contribution is 6.46. The van der Waals surface area contributed by atoms with Gasteiger partial charge in [0.1, 0.15) is 18.1 Å². The Morgan fingerprint density at radius 1 is 0.872 bits per heavy atom. The number of hydrogen-bond acceptors (Lipinski definition) is 5. The van der Waals surface area contributed by atoms with Crippen LogP contribution in [-0.4, -0.2) is 52.8 Å². The fourth-order valence-electron chi connectivity index (χ4n) is 5.00. The highest BCUT2D eigenvalue weighted by atomic mass is 16.5. The number of aliphatic hydroxyl groups is 1. The van der Waals surface area contributed by atoms with Crippen molar-refractivity contribution in [3.8, 4) is 5.75 Å². The van der Waals surface area contributed by atoms with E-state index in [9.17, 15) is 14.7 Å². The van der Waals surface area contributed by atoms with Crippen molar-refractivity contribution in [2.45, 2.75) is 46.3 Å². The molecule has 6 heteroatoms. The summed E-state index contributed by atoms with van der Waals surface area (Å²) in [5.41, 5.74) is 3.64. The van der Waals surface area contributed by atoms with Gasteiger partial charge in [-0.2, -0.15) is 0 Å². The number of aliphatic hydroxyl groups excluding tert-OH is 1. The molecule has 4 rings (SSSR count). The molecule has 0 unspecified atom stereocenters. The largest absolute Gasteiger partial charge is 0.507 e. The number of carbonyl (C=O) groups excluding carboxylic acids is 2. The van der Waals surface area contributed by atoms with E-state index in [1.54, 1.807) is 29.2 Å². The van der Waals surface area contributed by atoms with Gasteiger partial charge in [0.25, 0.3) is 11.7 Å². The lowest BCUT2D eigenvalue weighted by atomic mass is 9.94. The van der Waals surface area contributed by atoms with Crippen LogP contribution in [0.3, 0.4) is 0 Å². The molecule has 0 spiro atoms. The number of rotatable bonds is 12. The molecule has 1 N–H and O–H groups in total. The van der Waals surface area contributed by atoms with E-state index in [1.165, 1.54) is 5.56 Å². The lowest BCUT2D eigenvalue weighted by Crippen LogP contribution is -2.33. The molecule has 204 valence electrons. The summed E-state index contributed by atoms with van der Waals surface area (Å²) in [5.74, 6) is -0.731. The average molecular weight is 527 g/mol. The Balaban J connectivity index is 1.62. The van der Waals surface area contributed by atoms with Crippen LogP contribution in [0, 0.1) is 0 Å². The van der Waals surface area contributed by atoms with E-state index in [0.717, 1.165) is 43.6 Å². The molecule has 0 aliphatic carbocycles. The Labute approximate surface area is 231 Å². The van der Waals surface area contributed by atoms with Gasteiger partial charge in [0, 0.05) is 12.1 Å².